The van der Waals surface area contributed by atoms with Crippen LogP contribution in [0.25, 0.3) is 11.8 Å². The van der Waals surface area contributed by atoms with Gasteiger partial charge in [-0.05, 0) is 66.7 Å². The minimum atomic E-state index is -0.289. The fraction of sp³-hybridized carbons (Fsp3) is 0.0476. The number of aromatic nitrogens is 1. The molecule has 0 spiro atoms. The van der Waals surface area contributed by atoms with Crippen LogP contribution in [0.15, 0.2) is 77.8 Å². The molecule has 0 aliphatic carbocycles. The van der Waals surface area contributed by atoms with Crippen LogP contribution in [-0.2, 0) is 4.79 Å². The summed E-state index contributed by atoms with van der Waals surface area (Å²) in [7, 11) is 0. The lowest BCUT2D eigenvalue weighted by molar-refractivity contribution is -0.113. The van der Waals surface area contributed by atoms with Crippen LogP contribution < -0.4 is 4.90 Å². The maximum absolute atomic E-state index is 12.8. The monoisotopic (exact) mass is 360 g/mol. The van der Waals surface area contributed by atoms with E-state index in [2.05, 4.69) is 6.07 Å². The van der Waals surface area contributed by atoms with Crippen molar-refractivity contribution in [1.29, 1.82) is 0 Å². The minimum absolute atomic E-state index is 0.277. The largest absolute Gasteiger partial charge is 0.317 e. The van der Waals surface area contributed by atoms with Gasteiger partial charge in [0.05, 0.1) is 10.6 Å². The number of rotatable bonds is 3. The van der Waals surface area contributed by atoms with Crippen LogP contribution >= 0.6 is 11.8 Å². The summed E-state index contributed by atoms with van der Waals surface area (Å²) in [4.78, 5) is 26.7. The van der Waals surface area contributed by atoms with Crippen molar-refractivity contribution in [2.45, 2.75) is 6.92 Å². The second-order valence-electron chi connectivity index (χ2n) is 5.99. The van der Waals surface area contributed by atoms with Gasteiger partial charge in [0.15, 0.2) is 0 Å². The quantitative estimate of drug-likeness (QED) is 0.616. The predicted octanol–water partition coefficient (Wildman–Crippen LogP) is 5.03. The first-order valence-electron chi connectivity index (χ1n) is 8.21. The van der Waals surface area contributed by atoms with Crippen LogP contribution in [0.4, 0.5) is 10.5 Å². The Morgan fingerprint density at radius 1 is 0.885 bits per heavy atom. The highest BCUT2D eigenvalue weighted by Crippen LogP contribution is 2.35. The number of aryl methyl sites for hydroxylation is 1. The first-order chi connectivity index (χ1) is 12.6. The number of para-hydroxylation sites is 1. The topological polar surface area (TPSA) is 42.3 Å². The van der Waals surface area contributed by atoms with Crippen molar-refractivity contribution in [1.82, 2.24) is 4.57 Å². The molecule has 2 amide bonds. The van der Waals surface area contributed by atoms with Gasteiger partial charge in [0.1, 0.15) is 0 Å². The molecule has 3 aromatic rings. The zero-order valence-electron chi connectivity index (χ0n) is 14.1. The van der Waals surface area contributed by atoms with E-state index in [0.29, 0.717) is 10.6 Å². The number of carbonyl (C=O) groups excluding carboxylic acids is 2. The molecule has 0 unspecified atom stereocenters. The van der Waals surface area contributed by atoms with Crippen LogP contribution in [0.3, 0.4) is 0 Å². The summed E-state index contributed by atoms with van der Waals surface area (Å²) >= 11 is 0.967. The van der Waals surface area contributed by atoms with Gasteiger partial charge < -0.3 is 4.57 Å². The van der Waals surface area contributed by atoms with Gasteiger partial charge in [0, 0.05) is 17.6 Å². The molecule has 1 saturated heterocycles. The summed E-state index contributed by atoms with van der Waals surface area (Å²) in [6, 6.07) is 21.0. The molecule has 128 valence electrons. The lowest BCUT2D eigenvalue weighted by Crippen LogP contribution is -2.27. The molecule has 4 rings (SSSR count). The fourth-order valence-corrected chi connectivity index (χ4v) is 3.75. The Kier molecular flexibility index (Phi) is 4.22. The highest BCUT2D eigenvalue weighted by Gasteiger charge is 2.36. The van der Waals surface area contributed by atoms with Gasteiger partial charge in [-0.15, -0.1) is 0 Å². The summed E-state index contributed by atoms with van der Waals surface area (Å²) in [6.07, 6.45) is 3.72. The molecular weight excluding hydrogens is 344 g/mol. The molecule has 0 atom stereocenters. The van der Waals surface area contributed by atoms with Crippen molar-refractivity contribution < 1.29 is 9.59 Å². The molecule has 26 heavy (non-hydrogen) atoms. The molecular formula is C21H16N2O2S. The highest BCUT2D eigenvalue weighted by atomic mass is 32.2. The SMILES string of the molecule is Cc1cccc(-n2cccc2/C=C2/SC(=O)N(c3ccccc3)C2=O)c1. The third-order valence-electron chi connectivity index (χ3n) is 4.15. The molecule has 2 heterocycles. The molecule has 2 aromatic carbocycles. The number of nitrogens with zero attached hydrogens (tertiary/aromatic N) is 2. The molecule has 1 aromatic heterocycles. The van der Waals surface area contributed by atoms with Crippen molar-refractivity contribution in [3.05, 3.63) is 89.1 Å². The molecule has 0 bridgehead atoms. The number of carbonyl (C=O) groups is 2. The van der Waals surface area contributed by atoms with E-state index in [1.54, 1.807) is 18.2 Å². The third kappa shape index (κ3) is 2.97. The van der Waals surface area contributed by atoms with Gasteiger partial charge >= 0.3 is 0 Å². The number of hydrogen-bond acceptors (Lipinski definition) is 3. The number of anilines is 1. The second-order valence-corrected chi connectivity index (χ2v) is 6.99. The third-order valence-corrected chi connectivity index (χ3v) is 5.02. The summed E-state index contributed by atoms with van der Waals surface area (Å²) in [5.74, 6) is -0.289. The Bertz CT molecular complexity index is 1020. The Labute approximate surface area is 155 Å². The molecule has 1 aliphatic rings. The normalized spacial score (nSPS) is 15.9. The first kappa shape index (κ1) is 16.4. The maximum atomic E-state index is 12.8. The van der Waals surface area contributed by atoms with Crippen LogP contribution in [0.2, 0.25) is 0 Å². The van der Waals surface area contributed by atoms with E-state index in [4.69, 9.17) is 0 Å². The zero-order chi connectivity index (χ0) is 18.1. The molecule has 0 radical (unpaired) electrons. The molecule has 0 saturated carbocycles. The van der Waals surface area contributed by atoms with Gasteiger partial charge in [0.2, 0.25) is 0 Å². The van der Waals surface area contributed by atoms with E-state index in [9.17, 15) is 9.59 Å². The molecule has 4 nitrogen and oxygen atoms in total. The first-order valence-corrected chi connectivity index (χ1v) is 9.02. The van der Waals surface area contributed by atoms with Gasteiger partial charge in [-0.3, -0.25) is 9.59 Å². The number of hydrogen-bond donors (Lipinski definition) is 0. The Morgan fingerprint density at radius 3 is 2.42 bits per heavy atom. The van der Waals surface area contributed by atoms with E-state index in [1.165, 1.54) is 4.90 Å². The summed E-state index contributed by atoms with van der Waals surface area (Å²) < 4.78 is 2.00. The van der Waals surface area contributed by atoms with E-state index in [0.717, 1.165) is 28.7 Å². The fourth-order valence-electron chi connectivity index (χ4n) is 2.93. The van der Waals surface area contributed by atoms with Crippen molar-refractivity contribution in [3.63, 3.8) is 0 Å². The minimum Gasteiger partial charge on any atom is -0.317 e. The maximum Gasteiger partial charge on any atom is 0.298 e. The van der Waals surface area contributed by atoms with Gasteiger partial charge in [-0.1, -0.05) is 30.3 Å². The Hall–Kier alpha value is -3.05. The van der Waals surface area contributed by atoms with E-state index in [1.807, 2.05) is 66.2 Å². The van der Waals surface area contributed by atoms with E-state index < -0.39 is 0 Å². The van der Waals surface area contributed by atoms with E-state index in [-0.39, 0.29) is 11.1 Å². The number of imide groups is 1. The van der Waals surface area contributed by atoms with E-state index >= 15 is 0 Å². The summed E-state index contributed by atoms with van der Waals surface area (Å²) in [5, 5.41) is -0.277. The highest BCUT2D eigenvalue weighted by molar-refractivity contribution is 8.19. The van der Waals surface area contributed by atoms with Crippen molar-refractivity contribution in [2.24, 2.45) is 0 Å². The van der Waals surface area contributed by atoms with Gasteiger partial charge in [-0.2, -0.15) is 0 Å². The molecule has 1 fully saturated rings. The summed E-state index contributed by atoms with van der Waals surface area (Å²) in [5.41, 5.74) is 3.62. The standard InChI is InChI=1S/C21H16N2O2S/c1-15-7-5-10-17(13-15)22-12-6-11-18(22)14-19-20(24)23(21(25)26-19)16-8-3-2-4-9-16/h2-14H,1H3/b19-14+. The van der Waals surface area contributed by atoms with Crippen molar-refractivity contribution in [3.8, 4) is 5.69 Å². The van der Waals surface area contributed by atoms with Crippen molar-refractivity contribution >= 4 is 34.7 Å². The lowest BCUT2D eigenvalue weighted by atomic mass is 10.2. The number of amides is 2. The van der Waals surface area contributed by atoms with Gasteiger partial charge in [0.25, 0.3) is 11.1 Å². The van der Waals surface area contributed by atoms with Gasteiger partial charge in [-0.25, -0.2) is 4.90 Å². The van der Waals surface area contributed by atoms with Crippen LogP contribution in [0.1, 0.15) is 11.3 Å². The van der Waals surface area contributed by atoms with Crippen molar-refractivity contribution in [2.75, 3.05) is 4.90 Å². The van der Waals surface area contributed by atoms with Crippen LogP contribution in [-0.4, -0.2) is 15.7 Å². The van der Waals surface area contributed by atoms with Crippen LogP contribution in [0.5, 0.6) is 0 Å². The second kappa shape index (κ2) is 6.69. The molecule has 5 heteroatoms. The Morgan fingerprint density at radius 2 is 1.65 bits per heavy atom. The number of benzene rings is 2. The predicted molar refractivity (Wildman–Crippen MR) is 105 cm³/mol. The Balaban J connectivity index is 1.70. The average Bonchev–Trinajstić information content (AvgIpc) is 3.21. The van der Waals surface area contributed by atoms with Crippen LogP contribution in [0, 0.1) is 6.92 Å². The number of thioether (sulfide) groups is 1. The summed E-state index contributed by atoms with van der Waals surface area (Å²) in [6.45, 7) is 2.04. The lowest BCUT2D eigenvalue weighted by Gasteiger charge is -2.11. The smallest absolute Gasteiger partial charge is 0.298 e. The zero-order valence-corrected chi connectivity index (χ0v) is 14.9. The average molecular weight is 360 g/mol. The molecule has 1 aliphatic heterocycles. The molecule has 0 N–H and O–H groups in total.